The summed E-state index contributed by atoms with van der Waals surface area (Å²) in [5.74, 6) is 1.11. The fraction of sp³-hybridized carbons (Fsp3) is 0.611. The first-order valence-corrected chi connectivity index (χ1v) is 10.4. The molecule has 5 nitrogen and oxygen atoms in total. The molecule has 132 valence electrons. The van der Waals surface area contributed by atoms with Gasteiger partial charge in [-0.15, -0.1) is 0 Å². The van der Waals surface area contributed by atoms with Crippen molar-refractivity contribution in [2.45, 2.75) is 45.6 Å². The van der Waals surface area contributed by atoms with Gasteiger partial charge in [0.05, 0.1) is 11.9 Å². The molecule has 1 amide bonds. The van der Waals surface area contributed by atoms with Gasteiger partial charge in [0.2, 0.25) is 15.9 Å². The van der Waals surface area contributed by atoms with E-state index in [1.807, 2.05) is 26.0 Å². The van der Waals surface area contributed by atoms with Crippen LogP contribution in [0.3, 0.4) is 0 Å². The molecule has 2 aliphatic rings. The monoisotopic (exact) mass is 350 g/mol. The molecule has 6 heteroatoms. The Morgan fingerprint density at radius 2 is 2.00 bits per heavy atom. The van der Waals surface area contributed by atoms with Gasteiger partial charge in [-0.25, -0.2) is 8.42 Å². The number of hydrogen-bond donors (Lipinski definition) is 1. The van der Waals surface area contributed by atoms with E-state index in [1.165, 1.54) is 23.6 Å². The maximum atomic E-state index is 12.5. The third kappa shape index (κ3) is 3.43. The molecule has 3 unspecified atom stereocenters. The number of aryl methyl sites for hydroxylation is 1. The highest BCUT2D eigenvalue weighted by molar-refractivity contribution is 7.92. The molecule has 2 bridgehead atoms. The van der Waals surface area contributed by atoms with Crippen LogP contribution in [0.2, 0.25) is 0 Å². The molecule has 3 atom stereocenters. The second-order valence-corrected chi connectivity index (χ2v) is 9.24. The fourth-order valence-electron chi connectivity index (χ4n) is 4.19. The van der Waals surface area contributed by atoms with Crippen LogP contribution in [0.15, 0.2) is 18.2 Å². The highest BCUT2D eigenvalue weighted by Crippen LogP contribution is 2.44. The Balaban J connectivity index is 1.75. The van der Waals surface area contributed by atoms with Crippen LogP contribution in [0.4, 0.5) is 5.69 Å². The highest BCUT2D eigenvalue weighted by atomic mass is 32.2. The molecule has 0 radical (unpaired) electrons. The average molecular weight is 350 g/mol. The first-order valence-electron chi connectivity index (χ1n) is 8.59. The van der Waals surface area contributed by atoms with E-state index < -0.39 is 10.0 Å². The van der Waals surface area contributed by atoms with E-state index in [4.69, 9.17) is 0 Å². The molecule has 24 heavy (non-hydrogen) atoms. The molecular weight excluding hydrogens is 324 g/mol. The summed E-state index contributed by atoms with van der Waals surface area (Å²) in [5.41, 5.74) is 2.48. The van der Waals surface area contributed by atoms with Crippen molar-refractivity contribution in [1.29, 1.82) is 0 Å². The van der Waals surface area contributed by atoms with Crippen molar-refractivity contribution < 1.29 is 13.2 Å². The first kappa shape index (κ1) is 17.3. The molecule has 1 aromatic rings. The lowest BCUT2D eigenvalue weighted by molar-refractivity contribution is -0.120. The third-order valence-corrected chi connectivity index (χ3v) is 6.74. The van der Waals surface area contributed by atoms with Gasteiger partial charge in [-0.2, -0.15) is 0 Å². The number of carbonyl (C=O) groups is 1. The van der Waals surface area contributed by atoms with Crippen LogP contribution in [0.1, 0.15) is 36.8 Å². The maximum absolute atomic E-state index is 12.5. The number of amides is 1. The zero-order valence-electron chi connectivity index (χ0n) is 14.6. The molecule has 0 saturated heterocycles. The standard InChI is InChI=1S/C18H26N2O3S/c1-12-5-4-6-17(13(12)2)20(24(3,22)23)11-18(21)19-16-10-14-7-8-15(16)9-14/h4-6,14-16H,7-11H2,1-3H3,(H,19,21). The summed E-state index contributed by atoms with van der Waals surface area (Å²) in [7, 11) is -3.52. The molecule has 0 aliphatic heterocycles. The van der Waals surface area contributed by atoms with Crippen molar-refractivity contribution in [3.63, 3.8) is 0 Å². The number of nitrogens with one attached hydrogen (secondary N) is 1. The van der Waals surface area contributed by atoms with Crippen LogP contribution in [0.25, 0.3) is 0 Å². The Bertz CT molecular complexity index is 745. The van der Waals surface area contributed by atoms with Crippen LogP contribution in [-0.4, -0.2) is 33.2 Å². The molecule has 0 heterocycles. The predicted octanol–water partition coefficient (Wildman–Crippen LogP) is 2.37. The Morgan fingerprint density at radius 3 is 2.58 bits per heavy atom. The molecule has 2 saturated carbocycles. The maximum Gasteiger partial charge on any atom is 0.241 e. The Hall–Kier alpha value is -1.56. The minimum atomic E-state index is -3.52. The fourth-order valence-corrected chi connectivity index (χ4v) is 5.10. The number of hydrogen-bond acceptors (Lipinski definition) is 3. The van der Waals surface area contributed by atoms with Gasteiger partial charge in [0.15, 0.2) is 0 Å². The van der Waals surface area contributed by atoms with Crippen molar-refractivity contribution in [2.24, 2.45) is 11.8 Å². The van der Waals surface area contributed by atoms with E-state index >= 15 is 0 Å². The number of anilines is 1. The Morgan fingerprint density at radius 1 is 1.25 bits per heavy atom. The summed E-state index contributed by atoms with van der Waals surface area (Å²) in [6, 6.07) is 5.74. The summed E-state index contributed by atoms with van der Waals surface area (Å²) < 4.78 is 25.7. The normalized spacial score (nSPS) is 25.7. The zero-order valence-corrected chi connectivity index (χ0v) is 15.4. The smallest absolute Gasteiger partial charge is 0.241 e. The lowest BCUT2D eigenvalue weighted by Gasteiger charge is -2.27. The highest BCUT2D eigenvalue weighted by Gasteiger charge is 2.40. The lowest BCUT2D eigenvalue weighted by atomic mass is 9.95. The van der Waals surface area contributed by atoms with Crippen LogP contribution < -0.4 is 9.62 Å². The largest absolute Gasteiger partial charge is 0.352 e. The second kappa shape index (κ2) is 6.39. The van der Waals surface area contributed by atoms with Gasteiger partial charge in [0.1, 0.15) is 6.54 Å². The van der Waals surface area contributed by atoms with E-state index in [1.54, 1.807) is 6.07 Å². The molecule has 0 aromatic heterocycles. The summed E-state index contributed by atoms with van der Waals surface area (Å²) in [5, 5.41) is 3.07. The molecule has 1 N–H and O–H groups in total. The number of rotatable bonds is 5. The van der Waals surface area contributed by atoms with Crippen molar-refractivity contribution in [1.82, 2.24) is 5.32 Å². The molecule has 2 aliphatic carbocycles. The lowest BCUT2D eigenvalue weighted by Crippen LogP contribution is -2.45. The summed E-state index contributed by atoms with van der Waals surface area (Å²) in [6.07, 6.45) is 5.85. The minimum Gasteiger partial charge on any atom is -0.352 e. The molecule has 3 rings (SSSR count). The SMILES string of the molecule is Cc1cccc(N(CC(=O)NC2CC3CCC2C3)S(C)(=O)=O)c1C. The van der Waals surface area contributed by atoms with E-state index in [2.05, 4.69) is 5.32 Å². The zero-order chi connectivity index (χ0) is 17.5. The van der Waals surface area contributed by atoms with E-state index in [9.17, 15) is 13.2 Å². The van der Waals surface area contributed by atoms with Gasteiger partial charge in [-0.1, -0.05) is 18.6 Å². The van der Waals surface area contributed by atoms with E-state index in [0.29, 0.717) is 11.6 Å². The van der Waals surface area contributed by atoms with Crippen LogP contribution in [0, 0.1) is 25.7 Å². The first-order chi connectivity index (χ1) is 11.3. The molecular formula is C18H26N2O3S. The number of benzene rings is 1. The van der Waals surface area contributed by atoms with Gasteiger partial charge in [-0.05, 0) is 62.1 Å². The van der Waals surface area contributed by atoms with Gasteiger partial charge in [0, 0.05) is 6.04 Å². The van der Waals surface area contributed by atoms with Crippen LogP contribution in [0.5, 0.6) is 0 Å². The quantitative estimate of drug-likeness (QED) is 0.886. The molecule has 2 fully saturated rings. The van der Waals surface area contributed by atoms with E-state index in [0.717, 1.165) is 29.7 Å². The number of fused-ring (bicyclic) bond motifs is 2. The van der Waals surface area contributed by atoms with Gasteiger partial charge in [0.25, 0.3) is 0 Å². The van der Waals surface area contributed by atoms with Crippen LogP contribution >= 0.6 is 0 Å². The van der Waals surface area contributed by atoms with Gasteiger partial charge >= 0.3 is 0 Å². The Kier molecular flexibility index (Phi) is 4.60. The number of sulfonamides is 1. The Labute approximate surface area is 144 Å². The van der Waals surface area contributed by atoms with Gasteiger partial charge in [-0.3, -0.25) is 9.10 Å². The summed E-state index contributed by atoms with van der Waals surface area (Å²) in [4.78, 5) is 12.5. The van der Waals surface area contributed by atoms with Crippen molar-refractivity contribution in [3.8, 4) is 0 Å². The third-order valence-electron chi connectivity index (χ3n) is 5.62. The van der Waals surface area contributed by atoms with Crippen molar-refractivity contribution in [2.75, 3.05) is 17.1 Å². The average Bonchev–Trinajstić information content (AvgIpc) is 3.09. The molecule has 0 spiro atoms. The predicted molar refractivity (Wildman–Crippen MR) is 95.5 cm³/mol. The summed E-state index contributed by atoms with van der Waals surface area (Å²) >= 11 is 0. The minimum absolute atomic E-state index is 0.156. The molecule has 1 aromatic carbocycles. The second-order valence-electron chi connectivity index (χ2n) is 7.34. The van der Waals surface area contributed by atoms with Crippen molar-refractivity contribution in [3.05, 3.63) is 29.3 Å². The topological polar surface area (TPSA) is 66.5 Å². The van der Waals surface area contributed by atoms with Crippen LogP contribution in [-0.2, 0) is 14.8 Å². The van der Waals surface area contributed by atoms with E-state index in [-0.39, 0.29) is 18.5 Å². The number of nitrogens with zero attached hydrogens (tertiary/aromatic N) is 1. The van der Waals surface area contributed by atoms with Gasteiger partial charge < -0.3 is 5.32 Å². The summed E-state index contributed by atoms with van der Waals surface area (Å²) in [6.45, 7) is 3.67. The van der Waals surface area contributed by atoms with Crippen molar-refractivity contribution >= 4 is 21.6 Å². The number of carbonyl (C=O) groups excluding carboxylic acids is 1.